The summed E-state index contributed by atoms with van der Waals surface area (Å²) in [5, 5.41) is 13.9. The van der Waals surface area contributed by atoms with Crippen LogP contribution in [0.15, 0.2) is 48.5 Å². The Morgan fingerprint density at radius 3 is 2.67 bits per heavy atom. The first-order valence-electron chi connectivity index (χ1n) is 5.38. The van der Waals surface area contributed by atoms with Crippen LogP contribution >= 0.6 is 22.6 Å². The van der Waals surface area contributed by atoms with E-state index >= 15 is 0 Å². The second-order valence-electron chi connectivity index (χ2n) is 3.76. The van der Waals surface area contributed by atoms with Crippen molar-refractivity contribution in [3.63, 3.8) is 0 Å². The molecule has 2 aromatic rings. The van der Waals surface area contributed by atoms with Gasteiger partial charge in [-0.05, 0) is 46.4 Å². The summed E-state index contributed by atoms with van der Waals surface area (Å²) in [5.41, 5.74) is 1.74. The first-order chi connectivity index (χ1) is 8.66. The molecule has 0 heterocycles. The van der Waals surface area contributed by atoms with Gasteiger partial charge in [-0.25, -0.2) is 0 Å². The molecule has 2 rings (SSSR count). The molecule has 92 valence electrons. The van der Waals surface area contributed by atoms with Crippen molar-refractivity contribution in [3.8, 4) is 0 Å². The van der Waals surface area contributed by atoms with E-state index in [2.05, 4.69) is 27.9 Å². The molecule has 0 atom stereocenters. The van der Waals surface area contributed by atoms with Crippen LogP contribution in [0.5, 0.6) is 0 Å². The highest BCUT2D eigenvalue weighted by atomic mass is 127. The van der Waals surface area contributed by atoms with Crippen LogP contribution in [0.4, 0.5) is 11.4 Å². The molecule has 0 aliphatic heterocycles. The Bertz CT molecular complexity index is 572. The van der Waals surface area contributed by atoms with Crippen LogP contribution in [0, 0.1) is 13.7 Å². The molecular weight excluding hydrogens is 343 g/mol. The summed E-state index contributed by atoms with van der Waals surface area (Å²) in [6, 6.07) is 14.7. The summed E-state index contributed by atoms with van der Waals surface area (Å²) in [7, 11) is 0. The molecule has 0 aromatic heterocycles. The fourth-order valence-corrected chi connectivity index (χ4v) is 2.23. The third-order valence-electron chi connectivity index (χ3n) is 2.47. The van der Waals surface area contributed by atoms with Gasteiger partial charge in [0.1, 0.15) is 5.69 Å². The molecule has 0 aliphatic carbocycles. The lowest BCUT2D eigenvalue weighted by molar-refractivity contribution is -0.384. The highest BCUT2D eigenvalue weighted by Gasteiger charge is 2.11. The zero-order valence-electron chi connectivity index (χ0n) is 9.47. The zero-order chi connectivity index (χ0) is 13.0. The standard InChI is InChI=1S/C13H11IN2O2/c14-11-5-3-4-10(8-11)9-15-12-6-1-2-7-13(12)16(17)18/h1-8,15H,9H2. The van der Waals surface area contributed by atoms with E-state index in [0.29, 0.717) is 12.2 Å². The summed E-state index contributed by atoms with van der Waals surface area (Å²) in [4.78, 5) is 10.5. The molecular formula is C13H11IN2O2. The van der Waals surface area contributed by atoms with E-state index in [-0.39, 0.29) is 10.6 Å². The van der Waals surface area contributed by atoms with Crippen LogP contribution in [0.2, 0.25) is 0 Å². The molecule has 4 nitrogen and oxygen atoms in total. The van der Waals surface area contributed by atoms with E-state index in [9.17, 15) is 10.1 Å². The predicted octanol–water partition coefficient (Wildman–Crippen LogP) is 3.81. The molecule has 0 aliphatic rings. The van der Waals surface area contributed by atoms with E-state index < -0.39 is 0 Å². The maximum Gasteiger partial charge on any atom is 0.292 e. The summed E-state index contributed by atoms with van der Waals surface area (Å²) >= 11 is 2.24. The average molecular weight is 354 g/mol. The molecule has 0 unspecified atom stereocenters. The van der Waals surface area contributed by atoms with Gasteiger partial charge in [-0.2, -0.15) is 0 Å². The van der Waals surface area contributed by atoms with E-state index in [1.54, 1.807) is 18.2 Å². The van der Waals surface area contributed by atoms with Gasteiger partial charge < -0.3 is 5.32 Å². The first-order valence-corrected chi connectivity index (χ1v) is 6.46. The first kappa shape index (κ1) is 12.8. The Kier molecular flexibility index (Phi) is 4.14. The minimum Gasteiger partial charge on any atom is -0.375 e. The Morgan fingerprint density at radius 2 is 1.94 bits per heavy atom. The number of rotatable bonds is 4. The van der Waals surface area contributed by atoms with Crippen LogP contribution in [-0.2, 0) is 6.54 Å². The molecule has 0 amide bonds. The largest absolute Gasteiger partial charge is 0.375 e. The Hall–Kier alpha value is -1.63. The van der Waals surface area contributed by atoms with Gasteiger partial charge in [-0.3, -0.25) is 10.1 Å². The normalized spacial score (nSPS) is 10.1. The molecule has 5 heteroatoms. The van der Waals surface area contributed by atoms with Crippen LogP contribution in [0.1, 0.15) is 5.56 Å². The van der Waals surface area contributed by atoms with Gasteiger partial charge in [-0.1, -0.05) is 24.3 Å². The molecule has 0 fully saturated rings. The molecule has 0 saturated heterocycles. The Morgan fingerprint density at radius 1 is 1.17 bits per heavy atom. The van der Waals surface area contributed by atoms with E-state index in [1.807, 2.05) is 24.3 Å². The molecule has 0 radical (unpaired) electrons. The van der Waals surface area contributed by atoms with Crippen LogP contribution in [-0.4, -0.2) is 4.92 Å². The minimum absolute atomic E-state index is 0.100. The molecule has 0 bridgehead atoms. The lowest BCUT2D eigenvalue weighted by Gasteiger charge is -2.07. The summed E-state index contributed by atoms with van der Waals surface area (Å²) < 4.78 is 1.15. The van der Waals surface area contributed by atoms with Crippen LogP contribution in [0.3, 0.4) is 0 Å². The summed E-state index contributed by atoms with van der Waals surface area (Å²) in [6.45, 7) is 0.571. The number of nitrogens with one attached hydrogen (secondary N) is 1. The number of anilines is 1. The SMILES string of the molecule is O=[N+]([O-])c1ccccc1NCc1cccc(I)c1. The third kappa shape index (κ3) is 3.19. The number of benzene rings is 2. The van der Waals surface area contributed by atoms with Crippen molar-refractivity contribution < 1.29 is 4.92 Å². The van der Waals surface area contributed by atoms with Gasteiger partial charge in [0.25, 0.3) is 5.69 Å². The van der Waals surface area contributed by atoms with Gasteiger partial charge in [-0.15, -0.1) is 0 Å². The van der Waals surface area contributed by atoms with Gasteiger partial charge in [0.05, 0.1) is 4.92 Å². The Balaban J connectivity index is 2.13. The number of hydrogen-bond acceptors (Lipinski definition) is 3. The fourth-order valence-electron chi connectivity index (χ4n) is 1.63. The second kappa shape index (κ2) is 5.81. The van der Waals surface area contributed by atoms with Crippen molar-refractivity contribution in [2.75, 3.05) is 5.32 Å². The number of nitro benzene ring substituents is 1. The van der Waals surface area contributed by atoms with E-state index in [1.165, 1.54) is 6.07 Å². The topological polar surface area (TPSA) is 55.2 Å². The predicted molar refractivity (Wildman–Crippen MR) is 79.6 cm³/mol. The maximum absolute atomic E-state index is 10.9. The quantitative estimate of drug-likeness (QED) is 0.516. The number of hydrogen-bond donors (Lipinski definition) is 1. The number of nitro groups is 1. The van der Waals surface area contributed by atoms with Gasteiger partial charge in [0.2, 0.25) is 0 Å². The highest BCUT2D eigenvalue weighted by molar-refractivity contribution is 14.1. The van der Waals surface area contributed by atoms with Crippen LogP contribution < -0.4 is 5.32 Å². The van der Waals surface area contributed by atoms with E-state index in [0.717, 1.165) is 9.13 Å². The molecule has 2 aromatic carbocycles. The Labute approximate surface area is 118 Å². The minimum atomic E-state index is -0.378. The van der Waals surface area contributed by atoms with Crippen LogP contribution in [0.25, 0.3) is 0 Å². The van der Waals surface area contributed by atoms with Crippen molar-refractivity contribution in [2.45, 2.75) is 6.54 Å². The molecule has 0 saturated carbocycles. The number of para-hydroxylation sites is 2. The van der Waals surface area contributed by atoms with Crippen molar-refractivity contribution in [1.29, 1.82) is 0 Å². The summed E-state index contributed by atoms with van der Waals surface area (Å²) in [5.74, 6) is 0. The summed E-state index contributed by atoms with van der Waals surface area (Å²) in [6.07, 6.45) is 0. The van der Waals surface area contributed by atoms with Crippen molar-refractivity contribution in [1.82, 2.24) is 0 Å². The molecule has 1 N–H and O–H groups in total. The zero-order valence-corrected chi connectivity index (χ0v) is 11.6. The van der Waals surface area contributed by atoms with Crippen molar-refractivity contribution >= 4 is 34.0 Å². The average Bonchev–Trinajstić information content (AvgIpc) is 2.37. The number of nitrogens with zero attached hydrogens (tertiary/aromatic N) is 1. The lowest BCUT2D eigenvalue weighted by atomic mass is 10.2. The highest BCUT2D eigenvalue weighted by Crippen LogP contribution is 2.23. The fraction of sp³-hybridized carbons (Fsp3) is 0.0769. The second-order valence-corrected chi connectivity index (χ2v) is 5.00. The molecule has 0 spiro atoms. The lowest BCUT2D eigenvalue weighted by Crippen LogP contribution is -2.02. The monoisotopic (exact) mass is 354 g/mol. The van der Waals surface area contributed by atoms with Gasteiger partial charge in [0.15, 0.2) is 0 Å². The van der Waals surface area contributed by atoms with Crippen molar-refractivity contribution in [3.05, 3.63) is 67.8 Å². The third-order valence-corrected chi connectivity index (χ3v) is 3.14. The maximum atomic E-state index is 10.9. The van der Waals surface area contributed by atoms with E-state index in [4.69, 9.17) is 0 Å². The molecule has 18 heavy (non-hydrogen) atoms. The van der Waals surface area contributed by atoms with Gasteiger partial charge >= 0.3 is 0 Å². The van der Waals surface area contributed by atoms with Gasteiger partial charge in [0, 0.05) is 16.2 Å². The van der Waals surface area contributed by atoms with Crippen molar-refractivity contribution in [2.24, 2.45) is 0 Å². The number of halogens is 1. The smallest absolute Gasteiger partial charge is 0.292 e.